The van der Waals surface area contributed by atoms with Crippen LogP contribution in [0.4, 0.5) is 4.79 Å². The SMILES string of the molecule is CN(C)C(=O)[C@H]1CC[C@H](NC(=O)c2cc3cc(Cl)ccc3[nH]2)[C@H](NC(=O)C2=NC3CN(C(=O)OC(C)(C)C)CC3S2)C1. The Labute approximate surface area is 254 Å². The molecule has 226 valence electrons. The first-order valence-corrected chi connectivity index (χ1v) is 15.4. The number of likely N-dealkylation sites (tertiary alicyclic amines) is 1. The van der Waals surface area contributed by atoms with E-state index < -0.39 is 11.6 Å². The van der Waals surface area contributed by atoms with Crippen LogP contribution in [0.2, 0.25) is 5.02 Å². The largest absolute Gasteiger partial charge is 0.444 e. The highest BCUT2D eigenvalue weighted by Gasteiger charge is 2.44. The van der Waals surface area contributed by atoms with Gasteiger partial charge in [-0.1, -0.05) is 23.4 Å². The topological polar surface area (TPSA) is 136 Å². The van der Waals surface area contributed by atoms with E-state index in [0.29, 0.717) is 48.1 Å². The number of aromatic amines is 1. The first-order chi connectivity index (χ1) is 19.8. The summed E-state index contributed by atoms with van der Waals surface area (Å²) in [5.41, 5.74) is 0.597. The van der Waals surface area contributed by atoms with Gasteiger partial charge in [0.15, 0.2) is 5.04 Å². The second kappa shape index (κ2) is 11.8. The molecule has 3 N–H and O–H groups in total. The smallest absolute Gasteiger partial charge is 0.410 e. The third-order valence-electron chi connectivity index (χ3n) is 7.73. The number of carbonyl (C=O) groups excluding carboxylic acids is 4. The van der Waals surface area contributed by atoms with Gasteiger partial charge in [0, 0.05) is 55.1 Å². The Kier molecular flexibility index (Phi) is 8.48. The second-order valence-corrected chi connectivity index (χ2v) is 14.0. The first kappa shape index (κ1) is 30.2. The molecule has 0 bridgehead atoms. The van der Waals surface area contributed by atoms with Crippen molar-refractivity contribution in [3.63, 3.8) is 0 Å². The molecule has 3 aliphatic rings. The Morgan fingerprint density at radius 2 is 1.81 bits per heavy atom. The molecule has 1 saturated carbocycles. The number of nitrogens with zero attached hydrogens (tertiary/aromatic N) is 3. The first-order valence-electron chi connectivity index (χ1n) is 14.1. The van der Waals surface area contributed by atoms with E-state index in [1.165, 1.54) is 11.8 Å². The summed E-state index contributed by atoms with van der Waals surface area (Å²) in [5, 5.41) is 7.87. The number of carbonyl (C=O) groups is 4. The molecule has 1 aliphatic carbocycles. The van der Waals surface area contributed by atoms with Crippen LogP contribution in [0.1, 0.15) is 50.5 Å². The Morgan fingerprint density at radius 1 is 1.07 bits per heavy atom. The van der Waals surface area contributed by atoms with E-state index in [1.54, 1.807) is 42.1 Å². The molecule has 2 fully saturated rings. The fraction of sp³-hybridized carbons (Fsp3) is 0.552. The normalized spacial score (nSPS) is 25.5. The molecule has 5 atom stereocenters. The molecule has 2 aromatic rings. The molecule has 11 nitrogen and oxygen atoms in total. The maximum atomic E-state index is 13.4. The highest BCUT2D eigenvalue weighted by Crippen LogP contribution is 2.34. The molecule has 2 aliphatic heterocycles. The number of rotatable bonds is 5. The molecule has 5 rings (SSSR count). The highest BCUT2D eigenvalue weighted by molar-refractivity contribution is 8.16. The summed E-state index contributed by atoms with van der Waals surface area (Å²) in [6, 6.07) is 6.06. The van der Waals surface area contributed by atoms with Crippen LogP contribution in [0.5, 0.6) is 0 Å². The maximum Gasteiger partial charge on any atom is 0.410 e. The third kappa shape index (κ3) is 6.70. The molecule has 1 saturated heterocycles. The standard InChI is InChI=1S/C29H37ClN6O5S/c1-29(2,3)41-28(40)36-13-22-23(14-36)42-26(34-22)25(38)33-20-11-15(27(39)35(4)5)6-8-19(20)32-24(37)21-12-16-10-17(30)7-9-18(16)31-21/h7,9-10,12,15,19-20,22-23,31H,6,8,11,13-14H2,1-5H3,(H,32,37)(H,33,38)/t15-,19-,20+,22?,23?/m0/s1. The van der Waals surface area contributed by atoms with Gasteiger partial charge in [0.2, 0.25) is 5.91 Å². The average Bonchev–Trinajstić information content (AvgIpc) is 3.61. The fourth-order valence-corrected chi connectivity index (χ4v) is 7.09. The highest BCUT2D eigenvalue weighted by atomic mass is 35.5. The van der Waals surface area contributed by atoms with Crippen molar-refractivity contribution in [2.24, 2.45) is 10.9 Å². The van der Waals surface area contributed by atoms with E-state index in [9.17, 15) is 19.2 Å². The lowest BCUT2D eigenvalue weighted by molar-refractivity contribution is -0.134. The summed E-state index contributed by atoms with van der Waals surface area (Å²) in [4.78, 5) is 62.9. The van der Waals surface area contributed by atoms with Crippen molar-refractivity contribution in [2.75, 3.05) is 27.2 Å². The zero-order chi connectivity index (χ0) is 30.3. The monoisotopic (exact) mass is 616 g/mol. The van der Waals surface area contributed by atoms with E-state index in [4.69, 9.17) is 16.3 Å². The number of amides is 4. The van der Waals surface area contributed by atoms with E-state index in [2.05, 4.69) is 20.6 Å². The zero-order valence-corrected chi connectivity index (χ0v) is 26.0. The molecule has 1 aromatic carbocycles. The van der Waals surface area contributed by atoms with Crippen molar-refractivity contribution in [1.29, 1.82) is 0 Å². The van der Waals surface area contributed by atoms with Gasteiger partial charge in [-0.3, -0.25) is 19.4 Å². The van der Waals surface area contributed by atoms with Gasteiger partial charge in [-0.2, -0.15) is 0 Å². The van der Waals surface area contributed by atoms with Crippen LogP contribution in [-0.2, 0) is 14.3 Å². The summed E-state index contributed by atoms with van der Waals surface area (Å²) < 4.78 is 5.48. The van der Waals surface area contributed by atoms with Crippen LogP contribution in [0.3, 0.4) is 0 Å². The van der Waals surface area contributed by atoms with Gasteiger partial charge in [-0.25, -0.2) is 4.79 Å². The number of nitrogens with one attached hydrogen (secondary N) is 3. The summed E-state index contributed by atoms with van der Waals surface area (Å²) in [7, 11) is 3.43. The van der Waals surface area contributed by atoms with Gasteiger partial charge >= 0.3 is 6.09 Å². The lowest BCUT2D eigenvalue weighted by atomic mass is 9.81. The zero-order valence-electron chi connectivity index (χ0n) is 24.4. The number of thioether (sulfide) groups is 1. The van der Waals surface area contributed by atoms with Crippen molar-refractivity contribution in [3.05, 3.63) is 35.0 Å². The number of halogens is 1. The Morgan fingerprint density at radius 3 is 2.50 bits per heavy atom. The number of benzene rings is 1. The summed E-state index contributed by atoms with van der Waals surface area (Å²) >= 11 is 7.46. The number of H-pyrrole nitrogens is 1. The molecular formula is C29H37ClN6O5S. The van der Waals surface area contributed by atoms with Crippen LogP contribution in [0.15, 0.2) is 29.3 Å². The third-order valence-corrected chi connectivity index (χ3v) is 9.24. The van der Waals surface area contributed by atoms with Gasteiger partial charge in [-0.05, 0) is 64.3 Å². The minimum absolute atomic E-state index is 0.00382. The quantitative estimate of drug-likeness (QED) is 0.471. The van der Waals surface area contributed by atoms with Gasteiger partial charge in [0.25, 0.3) is 11.8 Å². The summed E-state index contributed by atoms with van der Waals surface area (Å²) in [6.07, 6.45) is 1.14. The van der Waals surface area contributed by atoms with Gasteiger partial charge in [0.05, 0.1) is 17.3 Å². The molecule has 0 radical (unpaired) electrons. The van der Waals surface area contributed by atoms with Crippen LogP contribution in [0, 0.1) is 5.92 Å². The van der Waals surface area contributed by atoms with Crippen molar-refractivity contribution >= 4 is 63.1 Å². The molecule has 1 aromatic heterocycles. The van der Waals surface area contributed by atoms with Crippen LogP contribution in [0.25, 0.3) is 10.9 Å². The van der Waals surface area contributed by atoms with Gasteiger partial charge in [0.1, 0.15) is 11.3 Å². The lowest BCUT2D eigenvalue weighted by Gasteiger charge is -2.37. The number of aromatic nitrogens is 1. The lowest BCUT2D eigenvalue weighted by Crippen LogP contribution is -2.56. The second-order valence-electron chi connectivity index (χ2n) is 12.4. The molecular weight excluding hydrogens is 580 g/mol. The van der Waals surface area contributed by atoms with E-state index in [-0.39, 0.29) is 47.1 Å². The molecule has 4 amide bonds. The van der Waals surface area contributed by atoms with Gasteiger partial charge < -0.3 is 30.2 Å². The maximum absolute atomic E-state index is 13.4. The Balaban J connectivity index is 1.26. The van der Waals surface area contributed by atoms with Crippen LogP contribution in [-0.4, -0.2) is 99.8 Å². The van der Waals surface area contributed by atoms with Crippen LogP contribution >= 0.6 is 23.4 Å². The number of hydrogen-bond donors (Lipinski definition) is 3. The minimum atomic E-state index is -0.587. The van der Waals surface area contributed by atoms with Crippen molar-refractivity contribution in [1.82, 2.24) is 25.4 Å². The Bertz CT molecular complexity index is 1440. The van der Waals surface area contributed by atoms with Crippen molar-refractivity contribution < 1.29 is 23.9 Å². The van der Waals surface area contributed by atoms with E-state index >= 15 is 0 Å². The van der Waals surface area contributed by atoms with E-state index in [1.807, 2.05) is 26.8 Å². The number of aliphatic imine (C=N–C) groups is 1. The number of fused-ring (bicyclic) bond motifs is 2. The molecule has 2 unspecified atom stereocenters. The predicted octanol–water partition coefficient (Wildman–Crippen LogP) is 3.43. The average molecular weight is 617 g/mol. The molecule has 13 heteroatoms. The number of hydrogen-bond acceptors (Lipinski definition) is 7. The summed E-state index contributed by atoms with van der Waals surface area (Å²) in [5.74, 6) is -0.904. The number of ether oxygens (including phenoxy) is 1. The van der Waals surface area contributed by atoms with Crippen molar-refractivity contribution in [2.45, 2.75) is 69.0 Å². The summed E-state index contributed by atoms with van der Waals surface area (Å²) in [6.45, 7) is 6.31. The van der Waals surface area contributed by atoms with E-state index in [0.717, 1.165) is 10.9 Å². The van der Waals surface area contributed by atoms with Gasteiger partial charge in [-0.15, -0.1) is 0 Å². The minimum Gasteiger partial charge on any atom is -0.444 e. The fourth-order valence-electron chi connectivity index (χ4n) is 5.70. The molecule has 3 heterocycles. The Hall–Kier alpha value is -3.25. The van der Waals surface area contributed by atoms with Crippen LogP contribution < -0.4 is 10.6 Å². The predicted molar refractivity (Wildman–Crippen MR) is 163 cm³/mol. The van der Waals surface area contributed by atoms with Crippen molar-refractivity contribution in [3.8, 4) is 0 Å². The molecule has 0 spiro atoms. The molecule has 42 heavy (non-hydrogen) atoms.